The molecule has 0 aromatic carbocycles. The van der Waals surface area contributed by atoms with E-state index in [0.717, 1.165) is 38.0 Å². The van der Waals surface area contributed by atoms with Gasteiger partial charge in [-0.05, 0) is 56.9 Å². The van der Waals surface area contributed by atoms with Crippen molar-refractivity contribution in [1.82, 2.24) is 4.90 Å². The maximum Gasteiger partial charge on any atom is 0.0597 e. The summed E-state index contributed by atoms with van der Waals surface area (Å²) < 4.78 is 6.14. The monoisotopic (exact) mass is 308 g/mol. The molecule has 2 N–H and O–H groups in total. The number of nitrogens with two attached hydrogens (primary N) is 1. The SMILES string of the molecule is NC1CCN(CCOC2CCC(CC3CCCCC3)CC2)C1. The van der Waals surface area contributed by atoms with Gasteiger partial charge in [-0.1, -0.05) is 32.1 Å². The lowest BCUT2D eigenvalue weighted by Gasteiger charge is -2.32. The second kappa shape index (κ2) is 8.65. The molecular weight excluding hydrogens is 272 g/mol. The van der Waals surface area contributed by atoms with Gasteiger partial charge in [-0.3, -0.25) is 4.90 Å². The minimum Gasteiger partial charge on any atom is -0.377 e. The molecule has 0 aromatic heterocycles. The molecule has 1 unspecified atom stereocenters. The molecule has 0 spiro atoms. The number of rotatable bonds is 6. The van der Waals surface area contributed by atoms with E-state index in [4.69, 9.17) is 10.5 Å². The van der Waals surface area contributed by atoms with E-state index in [-0.39, 0.29) is 0 Å². The molecule has 1 atom stereocenters. The van der Waals surface area contributed by atoms with Crippen molar-refractivity contribution in [3.63, 3.8) is 0 Å². The van der Waals surface area contributed by atoms with E-state index < -0.39 is 0 Å². The molecule has 3 heteroatoms. The third kappa shape index (κ3) is 5.21. The van der Waals surface area contributed by atoms with Crippen LogP contribution in [0, 0.1) is 11.8 Å². The van der Waals surface area contributed by atoms with Gasteiger partial charge in [0.2, 0.25) is 0 Å². The van der Waals surface area contributed by atoms with E-state index in [2.05, 4.69) is 4.90 Å². The van der Waals surface area contributed by atoms with Crippen LogP contribution in [0.2, 0.25) is 0 Å². The Morgan fingerprint density at radius 2 is 1.59 bits per heavy atom. The van der Waals surface area contributed by atoms with Crippen molar-refractivity contribution in [2.45, 2.75) is 82.8 Å². The van der Waals surface area contributed by atoms with E-state index >= 15 is 0 Å². The van der Waals surface area contributed by atoms with E-state index in [9.17, 15) is 0 Å². The molecule has 1 aliphatic heterocycles. The van der Waals surface area contributed by atoms with Crippen LogP contribution in [0.25, 0.3) is 0 Å². The van der Waals surface area contributed by atoms with Crippen LogP contribution >= 0.6 is 0 Å². The summed E-state index contributed by atoms with van der Waals surface area (Å²) in [6.45, 7) is 4.22. The Morgan fingerprint density at radius 1 is 0.864 bits per heavy atom. The van der Waals surface area contributed by atoms with Crippen molar-refractivity contribution in [3.8, 4) is 0 Å². The summed E-state index contributed by atoms with van der Waals surface area (Å²) in [4.78, 5) is 2.46. The van der Waals surface area contributed by atoms with Gasteiger partial charge in [0.15, 0.2) is 0 Å². The van der Waals surface area contributed by atoms with Crippen molar-refractivity contribution >= 4 is 0 Å². The lowest BCUT2D eigenvalue weighted by atomic mass is 9.77. The molecule has 128 valence electrons. The van der Waals surface area contributed by atoms with Crippen molar-refractivity contribution in [2.24, 2.45) is 17.6 Å². The number of likely N-dealkylation sites (tertiary alicyclic amines) is 1. The first-order valence-corrected chi connectivity index (χ1v) is 9.89. The molecule has 0 aromatic rings. The molecule has 3 aliphatic rings. The Bertz CT molecular complexity index is 309. The third-order valence-electron chi connectivity index (χ3n) is 6.26. The van der Waals surface area contributed by atoms with E-state index in [1.54, 1.807) is 0 Å². The van der Waals surface area contributed by atoms with Crippen LogP contribution in [0.3, 0.4) is 0 Å². The fourth-order valence-electron chi connectivity index (χ4n) is 4.84. The fraction of sp³-hybridized carbons (Fsp3) is 1.00. The van der Waals surface area contributed by atoms with Gasteiger partial charge in [0.1, 0.15) is 0 Å². The van der Waals surface area contributed by atoms with Gasteiger partial charge < -0.3 is 10.5 Å². The summed E-state index contributed by atoms with van der Waals surface area (Å²) in [5, 5.41) is 0. The van der Waals surface area contributed by atoms with Crippen LogP contribution in [0.5, 0.6) is 0 Å². The first-order valence-electron chi connectivity index (χ1n) is 9.89. The molecule has 3 rings (SSSR count). The molecule has 1 saturated heterocycles. The molecule has 2 aliphatic carbocycles. The van der Waals surface area contributed by atoms with Crippen molar-refractivity contribution in [1.29, 1.82) is 0 Å². The zero-order valence-electron chi connectivity index (χ0n) is 14.3. The predicted molar refractivity (Wildman–Crippen MR) is 91.9 cm³/mol. The smallest absolute Gasteiger partial charge is 0.0597 e. The molecule has 3 fully saturated rings. The predicted octanol–water partition coefficient (Wildman–Crippen LogP) is 3.57. The van der Waals surface area contributed by atoms with E-state index in [1.165, 1.54) is 70.8 Å². The Morgan fingerprint density at radius 3 is 2.27 bits per heavy atom. The standard InChI is InChI=1S/C19H36N2O/c20-18-10-11-21(15-18)12-13-22-19-8-6-17(7-9-19)14-16-4-2-1-3-5-16/h16-19H,1-15,20H2. The summed E-state index contributed by atoms with van der Waals surface area (Å²) in [6, 6.07) is 0.398. The molecule has 0 amide bonds. The Kier molecular flexibility index (Phi) is 6.58. The summed E-state index contributed by atoms with van der Waals surface area (Å²) in [7, 11) is 0. The summed E-state index contributed by atoms with van der Waals surface area (Å²) >= 11 is 0. The van der Waals surface area contributed by atoms with E-state index in [1.807, 2.05) is 0 Å². The van der Waals surface area contributed by atoms with Gasteiger partial charge in [-0.25, -0.2) is 0 Å². The number of hydrogen-bond donors (Lipinski definition) is 1. The highest BCUT2D eigenvalue weighted by molar-refractivity contribution is 4.79. The maximum absolute atomic E-state index is 6.14. The van der Waals surface area contributed by atoms with Gasteiger partial charge in [0, 0.05) is 19.1 Å². The average molecular weight is 309 g/mol. The molecule has 0 radical (unpaired) electrons. The second-order valence-corrected chi connectivity index (χ2v) is 8.10. The normalized spacial score (nSPS) is 35.0. The largest absolute Gasteiger partial charge is 0.377 e. The second-order valence-electron chi connectivity index (χ2n) is 8.10. The zero-order chi connectivity index (χ0) is 15.2. The Hall–Kier alpha value is -0.120. The van der Waals surface area contributed by atoms with Crippen LogP contribution in [0.4, 0.5) is 0 Å². The minimum atomic E-state index is 0.398. The Balaban J connectivity index is 1.25. The third-order valence-corrected chi connectivity index (χ3v) is 6.26. The lowest BCUT2D eigenvalue weighted by molar-refractivity contribution is 0.00669. The van der Waals surface area contributed by atoms with E-state index in [0.29, 0.717) is 12.1 Å². The van der Waals surface area contributed by atoms with Crippen molar-refractivity contribution < 1.29 is 4.74 Å². The highest BCUT2D eigenvalue weighted by atomic mass is 16.5. The number of hydrogen-bond acceptors (Lipinski definition) is 3. The molecule has 2 saturated carbocycles. The van der Waals surface area contributed by atoms with Crippen LogP contribution in [-0.2, 0) is 4.74 Å². The van der Waals surface area contributed by atoms with Crippen LogP contribution in [-0.4, -0.2) is 43.3 Å². The quantitative estimate of drug-likeness (QED) is 0.815. The van der Waals surface area contributed by atoms with Crippen LogP contribution in [0.15, 0.2) is 0 Å². The first-order chi connectivity index (χ1) is 10.8. The molecule has 3 nitrogen and oxygen atoms in total. The Labute approximate surface area is 137 Å². The number of nitrogens with zero attached hydrogens (tertiary/aromatic N) is 1. The van der Waals surface area contributed by atoms with Crippen LogP contribution < -0.4 is 5.73 Å². The lowest BCUT2D eigenvalue weighted by Crippen LogP contribution is -2.31. The highest BCUT2D eigenvalue weighted by Crippen LogP contribution is 2.35. The van der Waals surface area contributed by atoms with Gasteiger partial charge in [-0.15, -0.1) is 0 Å². The summed E-state index contributed by atoms with van der Waals surface area (Å²) in [5.74, 6) is 2.05. The number of ether oxygens (including phenoxy) is 1. The molecular formula is C19H36N2O. The molecule has 22 heavy (non-hydrogen) atoms. The van der Waals surface area contributed by atoms with Crippen molar-refractivity contribution in [3.05, 3.63) is 0 Å². The first kappa shape index (κ1) is 16.7. The average Bonchev–Trinajstić information content (AvgIpc) is 2.96. The van der Waals surface area contributed by atoms with Gasteiger partial charge in [-0.2, -0.15) is 0 Å². The summed E-state index contributed by atoms with van der Waals surface area (Å²) in [6.07, 6.45) is 16.1. The van der Waals surface area contributed by atoms with Gasteiger partial charge >= 0.3 is 0 Å². The fourth-order valence-corrected chi connectivity index (χ4v) is 4.84. The highest BCUT2D eigenvalue weighted by Gasteiger charge is 2.25. The zero-order valence-corrected chi connectivity index (χ0v) is 14.3. The summed E-state index contributed by atoms with van der Waals surface area (Å²) in [5.41, 5.74) is 5.95. The topological polar surface area (TPSA) is 38.5 Å². The maximum atomic E-state index is 6.14. The van der Waals surface area contributed by atoms with Gasteiger partial charge in [0.25, 0.3) is 0 Å². The van der Waals surface area contributed by atoms with Crippen molar-refractivity contribution in [2.75, 3.05) is 26.2 Å². The molecule has 0 bridgehead atoms. The van der Waals surface area contributed by atoms with Gasteiger partial charge in [0.05, 0.1) is 12.7 Å². The minimum absolute atomic E-state index is 0.398. The van der Waals surface area contributed by atoms with Crippen LogP contribution in [0.1, 0.15) is 70.6 Å². The molecule has 1 heterocycles.